The average molecular weight is 255 g/mol. The number of hydrogen-bond acceptors (Lipinski definition) is 3. The topological polar surface area (TPSA) is 57.6 Å². The first-order valence-electron chi connectivity index (χ1n) is 6.47. The number of carbonyl (C=O) groups excluding carboxylic acids is 2. The molecule has 4 unspecified atom stereocenters. The van der Waals surface area contributed by atoms with Crippen LogP contribution in [0.3, 0.4) is 0 Å². The SMILES string of the molecule is O=C1C2C3C=CC(c4ccccc4)(C3)C2C(=O)N1O. The lowest BCUT2D eigenvalue weighted by atomic mass is 9.70. The maximum absolute atomic E-state index is 12.2. The number of carbonyl (C=O) groups is 2. The Labute approximate surface area is 110 Å². The minimum absolute atomic E-state index is 0.0683. The van der Waals surface area contributed by atoms with Crippen molar-refractivity contribution in [2.75, 3.05) is 0 Å². The van der Waals surface area contributed by atoms with E-state index in [1.54, 1.807) is 0 Å². The first-order chi connectivity index (χ1) is 9.15. The van der Waals surface area contributed by atoms with Crippen LogP contribution in [0.5, 0.6) is 0 Å². The van der Waals surface area contributed by atoms with Gasteiger partial charge in [0.05, 0.1) is 11.8 Å². The van der Waals surface area contributed by atoms with Gasteiger partial charge in [0.15, 0.2) is 0 Å². The molecule has 1 saturated heterocycles. The summed E-state index contributed by atoms with van der Waals surface area (Å²) in [7, 11) is 0. The number of hydroxylamine groups is 2. The lowest BCUT2D eigenvalue weighted by molar-refractivity contribution is -0.174. The van der Waals surface area contributed by atoms with Crippen molar-refractivity contribution in [1.82, 2.24) is 5.06 Å². The number of nitrogens with zero attached hydrogens (tertiary/aromatic N) is 1. The van der Waals surface area contributed by atoms with Gasteiger partial charge in [-0.25, -0.2) is 0 Å². The van der Waals surface area contributed by atoms with E-state index in [2.05, 4.69) is 6.08 Å². The van der Waals surface area contributed by atoms with Gasteiger partial charge in [0, 0.05) is 5.41 Å². The molecule has 4 rings (SSSR count). The van der Waals surface area contributed by atoms with Crippen LogP contribution in [0, 0.1) is 17.8 Å². The van der Waals surface area contributed by atoms with Gasteiger partial charge in [-0.1, -0.05) is 42.5 Å². The van der Waals surface area contributed by atoms with Gasteiger partial charge in [-0.3, -0.25) is 14.8 Å². The molecule has 1 aromatic rings. The highest BCUT2D eigenvalue weighted by molar-refractivity contribution is 6.06. The first kappa shape index (κ1) is 10.9. The smallest absolute Gasteiger partial charge is 0.258 e. The Balaban J connectivity index is 1.89. The fraction of sp³-hybridized carbons (Fsp3) is 0.333. The fourth-order valence-corrected chi connectivity index (χ4v) is 4.09. The van der Waals surface area contributed by atoms with Crippen molar-refractivity contribution in [1.29, 1.82) is 0 Å². The largest absolute Gasteiger partial charge is 0.278 e. The molecular weight excluding hydrogens is 242 g/mol. The molecule has 0 aromatic heterocycles. The van der Waals surface area contributed by atoms with Gasteiger partial charge in [-0.05, 0) is 17.9 Å². The van der Waals surface area contributed by atoms with E-state index in [-0.39, 0.29) is 11.8 Å². The number of amides is 2. The molecule has 1 aromatic carbocycles. The van der Waals surface area contributed by atoms with E-state index in [0.717, 1.165) is 12.0 Å². The van der Waals surface area contributed by atoms with E-state index >= 15 is 0 Å². The monoisotopic (exact) mass is 255 g/mol. The Kier molecular flexibility index (Phi) is 1.92. The van der Waals surface area contributed by atoms with E-state index in [4.69, 9.17) is 0 Å². The number of benzene rings is 1. The molecule has 96 valence electrons. The zero-order valence-corrected chi connectivity index (χ0v) is 10.2. The van der Waals surface area contributed by atoms with Gasteiger partial charge < -0.3 is 0 Å². The second kappa shape index (κ2) is 3.33. The Morgan fingerprint density at radius 1 is 1.16 bits per heavy atom. The molecule has 2 aliphatic carbocycles. The molecule has 2 amide bonds. The standard InChI is InChI=1S/C15H13NO3/c17-13-11-9-6-7-15(8-9,10-4-2-1-3-5-10)12(11)14(18)16(13)19/h1-7,9,11-12,19H,8H2. The summed E-state index contributed by atoms with van der Waals surface area (Å²) in [4.78, 5) is 24.2. The summed E-state index contributed by atoms with van der Waals surface area (Å²) in [6, 6.07) is 9.80. The van der Waals surface area contributed by atoms with Crippen molar-refractivity contribution in [3.8, 4) is 0 Å². The fourth-order valence-electron chi connectivity index (χ4n) is 4.09. The molecule has 2 fully saturated rings. The summed E-state index contributed by atoms with van der Waals surface area (Å²) in [5.41, 5.74) is 0.638. The van der Waals surface area contributed by atoms with Gasteiger partial charge >= 0.3 is 0 Å². The Bertz CT molecular complexity index is 609. The van der Waals surface area contributed by atoms with E-state index < -0.39 is 23.1 Å². The van der Waals surface area contributed by atoms with Crippen LogP contribution in [0.1, 0.15) is 12.0 Å². The molecule has 0 spiro atoms. The van der Waals surface area contributed by atoms with Crippen LogP contribution < -0.4 is 0 Å². The van der Waals surface area contributed by atoms with Crippen LogP contribution in [0.15, 0.2) is 42.5 Å². The molecule has 1 saturated carbocycles. The minimum Gasteiger partial charge on any atom is -0.278 e. The Hall–Kier alpha value is -1.94. The van der Waals surface area contributed by atoms with Crippen LogP contribution in [0.2, 0.25) is 0 Å². The predicted molar refractivity (Wildman–Crippen MR) is 66.0 cm³/mol. The second-order valence-electron chi connectivity index (χ2n) is 5.63. The van der Waals surface area contributed by atoms with E-state index in [1.807, 2.05) is 36.4 Å². The maximum atomic E-state index is 12.2. The molecule has 4 nitrogen and oxygen atoms in total. The van der Waals surface area contributed by atoms with Crippen LogP contribution in [0.25, 0.3) is 0 Å². The van der Waals surface area contributed by atoms with Crippen molar-refractivity contribution in [3.63, 3.8) is 0 Å². The normalized spacial score (nSPS) is 39.2. The van der Waals surface area contributed by atoms with Gasteiger partial charge in [-0.2, -0.15) is 5.06 Å². The zero-order valence-electron chi connectivity index (χ0n) is 10.2. The van der Waals surface area contributed by atoms with E-state index in [9.17, 15) is 14.8 Å². The summed E-state index contributed by atoms with van der Waals surface area (Å²) in [5.74, 6) is -1.66. The number of allylic oxidation sites excluding steroid dienone is 2. The molecular formula is C15H13NO3. The third-order valence-electron chi connectivity index (χ3n) is 4.87. The Morgan fingerprint density at radius 2 is 1.89 bits per heavy atom. The molecule has 3 aliphatic rings. The van der Waals surface area contributed by atoms with Crippen molar-refractivity contribution in [2.24, 2.45) is 17.8 Å². The van der Waals surface area contributed by atoms with Crippen LogP contribution in [-0.4, -0.2) is 22.1 Å². The van der Waals surface area contributed by atoms with Crippen LogP contribution >= 0.6 is 0 Å². The van der Waals surface area contributed by atoms with E-state index in [1.165, 1.54) is 0 Å². The molecule has 1 aliphatic heterocycles. The van der Waals surface area contributed by atoms with Crippen molar-refractivity contribution < 1.29 is 14.8 Å². The highest BCUT2D eigenvalue weighted by atomic mass is 16.5. The molecule has 4 heteroatoms. The van der Waals surface area contributed by atoms with Gasteiger partial charge in [0.2, 0.25) is 0 Å². The minimum atomic E-state index is -0.453. The van der Waals surface area contributed by atoms with Crippen molar-refractivity contribution in [3.05, 3.63) is 48.0 Å². The molecule has 2 bridgehead atoms. The first-order valence-corrected chi connectivity index (χ1v) is 6.47. The van der Waals surface area contributed by atoms with Gasteiger partial charge in [0.1, 0.15) is 0 Å². The number of rotatable bonds is 1. The summed E-state index contributed by atoms with van der Waals surface area (Å²) in [6.07, 6.45) is 4.87. The number of imide groups is 1. The lowest BCUT2D eigenvalue weighted by Gasteiger charge is -2.30. The highest BCUT2D eigenvalue weighted by Crippen LogP contribution is 2.60. The molecule has 1 heterocycles. The summed E-state index contributed by atoms with van der Waals surface area (Å²) < 4.78 is 0. The van der Waals surface area contributed by atoms with Crippen LogP contribution in [0.4, 0.5) is 0 Å². The summed E-state index contributed by atoms with van der Waals surface area (Å²) >= 11 is 0. The molecule has 4 atom stereocenters. The predicted octanol–water partition coefficient (Wildman–Crippen LogP) is 1.50. The zero-order chi connectivity index (χ0) is 13.2. The van der Waals surface area contributed by atoms with E-state index in [0.29, 0.717) is 5.06 Å². The number of hydrogen-bond donors (Lipinski definition) is 1. The molecule has 19 heavy (non-hydrogen) atoms. The molecule has 0 radical (unpaired) electrons. The average Bonchev–Trinajstić information content (AvgIpc) is 3.08. The molecule has 1 N–H and O–H groups in total. The third-order valence-corrected chi connectivity index (χ3v) is 4.87. The second-order valence-corrected chi connectivity index (χ2v) is 5.63. The van der Waals surface area contributed by atoms with Crippen molar-refractivity contribution >= 4 is 11.8 Å². The third kappa shape index (κ3) is 1.13. The Morgan fingerprint density at radius 3 is 2.63 bits per heavy atom. The highest BCUT2D eigenvalue weighted by Gasteiger charge is 2.66. The van der Waals surface area contributed by atoms with Crippen LogP contribution in [-0.2, 0) is 15.0 Å². The summed E-state index contributed by atoms with van der Waals surface area (Å²) in [6.45, 7) is 0. The van der Waals surface area contributed by atoms with Gasteiger partial charge in [-0.15, -0.1) is 0 Å². The van der Waals surface area contributed by atoms with Crippen molar-refractivity contribution in [2.45, 2.75) is 11.8 Å². The quantitative estimate of drug-likeness (QED) is 0.470. The lowest BCUT2D eigenvalue weighted by Crippen LogP contribution is -2.36. The summed E-state index contributed by atoms with van der Waals surface area (Å²) in [5, 5.41) is 9.93. The van der Waals surface area contributed by atoms with Gasteiger partial charge in [0.25, 0.3) is 11.8 Å². The number of fused-ring (bicyclic) bond motifs is 5. The maximum Gasteiger partial charge on any atom is 0.258 e.